The number of nitriles is 1. The molecule has 2 saturated heterocycles. The van der Waals surface area contributed by atoms with E-state index in [1.807, 2.05) is 6.07 Å². The summed E-state index contributed by atoms with van der Waals surface area (Å²) in [6, 6.07) is 6.73. The van der Waals surface area contributed by atoms with Gasteiger partial charge in [0.1, 0.15) is 6.07 Å². The van der Waals surface area contributed by atoms with Crippen molar-refractivity contribution in [3.8, 4) is 6.07 Å². The van der Waals surface area contributed by atoms with E-state index >= 15 is 0 Å². The lowest BCUT2D eigenvalue weighted by atomic mass is 9.92. The van der Waals surface area contributed by atoms with Crippen LogP contribution in [0.2, 0.25) is 0 Å². The smallest absolute Gasteiger partial charge is 0.368 e. The molecule has 4 rings (SSSR count). The molecule has 4 atom stereocenters. The minimum absolute atomic E-state index is 0.0696. The third-order valence-corrected chi connectivity index (χ3v) is 5.92. The largest absolute Gasteiger partial charge is 0.393 e. The van der Waals surface area contributed by atoms with Crippen LogP contribution in [0.25, 0.3) is 10.9 Å². The van der Waals surface area contributed by atoms with Crippen molar-refractivity contribution in [3.05, 3.63) is 36.0 Å². The zero-order chi connectivity index (χ0) is 23.0. The summed E-state index contributed by atoms with van der Waals surface area (Å²) in [6.07, 6.45) is -6.95. The zero-order valence-corrected chi connectivity index (χ0v) is 16.8. The van der Waals surface area contributed by atoms with Gasteiger partial charge in [-0.2, -0.15) is 18.4 Å². The average Bonchev–Trinajstić information content (AvgIpc) is 3.10. The number of pyridine rings is 1. The highest BCUT2D eigenvalue weighted by molar-refractivity contribution is 5.95. The number of benzene rings is 1. The number of piperidine rings is 1. The van der Waals surface area contributed by atoms with Gasteiger partial charge in [-0.1, -0.05) is 0 Å². The number of fused-ring (bicyclic) bond motifs is 1. The number of carbonyl (C=O) groups is 1. The van der Waals surface area contributed by atoms with E-state index in [2.05, 4.69) is 10.3 Å². The van der Waals surface area contributed by atoms with E-state index in [1.54, 1.807) is 18.2 Å². The second-order valence-corrected chi connectivity index (χ2v) is 8.11. The van der Waals surface area contributed by atoms with E-state index in [9.17, 15) is 32.0 Å². The molecule has 1 N–H and O–H groups in total. The van der Waals surface area contributed by atoms with Gasteiger partial charge in [0.25, 0.3) is 0 Å². The first-order chi connectivity index (χ1) is 15.2. The van der Waals surface area contributed by atoms with Gasteiger partial charge < -0.3 is 15.1 Å². The number of aromatic nitrogens is 1. The SMILES string of the molecule is N#Cc1ccc(N2C[C@H](NC(=O)N3C[C@@H](F)[C@@H](F)C3)C[C@H](C(F)(F)F)C2)c2cccnc12. The van der Waals surface area contributed by atoms with Crippen LogP contribution in [0, 0.1) is 17.2 Å². The number of nitrogens with one attached hydrogen (secondary N) is 1. The lowest BCUT2D eigenvalue weighted by Gasteiger charge is -2.40. The van der Waals surface area contributed by atoms with Crippen LogP contribution in [-0.4, -0.2) is 66.7 Å². The number of hydrogen-bond acceptors (Lipinski definition) is 4. The highest BCUT2D eigenvalue weighted by Crippen LogP contribution is 2.37. The lowest BCUT2D eigenvalue weighted by molar-refractivity contribution is -0.177. The number of amides is 2. The molecule has 2 aliphatic rings. The molecule has 2 aromatic rings. The van der Waals surface area contributed by atoms with Crippen molar-refractivity contribution in [2.45, 2.75) is 31.0 Å². The minimum atomic E-state index is -4.50. The summed E-state index contributed by atoms with van der Waals surface area (Å²) in [5, 5.41) is 12.4. The molecule has 11 heteroatoms. The molecule has 0 radical (unpaired) electrons. The molecule has 0 unspecified atom stereocenters. The van der Waals surface area contributed by atoms with Crippen LogP contribution in [0.3, 0.4) is 0 Å². The Hall–Kier alpha value is -3.16. The molecule has 0 aliphatic carbocycles. The summed E-state index contributed by atoms with van der Waals surface area (Å²) >= 11 is 0. The quantitative estimate of drug-likeness (QED) is 0.706. The van der Waals surface area contributed by atoms with Gasteiger partial charge in [-0.3, -0.25) is 4.98 Å². The Labute approximate surface area is 180 Å². The molecule has 0 spiro atoms. The molecule has 2 amide bonds. The Balaban J connectivity index is 1.61. The normalized spacial score (nSPS) is 26.2. The first-order valence-electron chi connectivity index (χ1n) is 10.1. The topological polar surface area (TPSA) is 72.3 Å². The van der Waals surface area contributed by atoms with E-state index < -0.39 is 49.6 Å². The molecule has 6 nitrogen and oxygen atoms in total. The van der Waals surface area contributed by atoms with Gasteiger partial charge in [-0.15, -0.1) is 0 Å². The molecule has 0 bridgehead atoms. The second kappa shape index (κ2) is 8.41. The van der Waals surface area contributed by atoms with Gasteiger partial charge in [-0.05, 0) is 30.7 Å². The van der Waals surface area contributed by atoms with Crippen LogP contribution in [0.15, 0.2) is 30.5 Å². The van der Waals surface area contributed by atoms with Gasteiger partial charge in [0.05, 0.1) is 30.1 Å². The lowest BCUT2D eigenvalue weighted by Crippen LogP contribution is -2.56. The summed E-state index contributed by atoms with van der Waals surface area (Å²) < 4.78 is 67.9. The molecule has 2 fully saturated rings. The molecule has 1 aromatic heterocycles. The van der Waals surface area contributed by atoms with E-state index in [4.69, 9.17) is 0 Å². The number of likely N-dealkylation sites (tertiary alicyclic amines) is 1. The van der Waals surface area contributed by atoms with Crippen LogP contribution in [0.1, 0.15) is 12.0 Å². The van der Waals surface area contributed by atoms with Crippen molar-refractivity contribution in [2.75, 3.05) is 31.1 Å². The fourth-order valence-corrected chi connectivity index (χ4v) is 4.32. The molecular formula is C21H20F5N5O. The Kier molecular flexibility index (Phi) is 5.79. The molecule has 170 valence electrons. The van der Waals surface area contributed by atoms with Crippen LogP contribution in [0.5, 0.6) is 0 Å². The molecule has 0 saturated carbocycles. The maximum absolute atomic E-state index is 13.7. The number of nitrogens with zero attached hydrogens (tertiary/aromatic N) is 4. The molecule has 1 aromatic carbocycles. The number of alkyl halides is 5. The Bertz CT molecular complexity index is 1050. The van der Waals surface area contributed by atoms with Gasteiger partial charge in [-0.25, -0.2) is 13.6 Å². The van der Waals surface area contributed by atoms with E-state index in [-0.39, 0.29) is 19.5 Å². The number of halogens is 5. The molecule has 32 heavy (non-hydrogen) atoms. The summed E-state index contributed by atoms with van der Waals surface area (Å²) in [5.74, 6) is -1.72. The second-order valence-electron chi connectivity index (χ2n) is 8.11. The number of hydrogen-bond donors (Lipinski definition) is 1. The zero-order valence-electron chi connectivity index (χ0n) is 16.8. The van der Waals surface area contributed by atoms with Crippen LogP contribution in [0.4, 0.5) is 32.4 Å². The van der Waals surface area contributed by atoms with E-state index in [0.29, 0.717) is 22.2 Å². The average molecular weight is 453 g/mol. The number of anilines is 1. The maximum Gasteiger partial charge on any atom is 0.393 e. The summed E-state index contributed by atoms with van der Waals surface area (Å²) in [4.78, 5) is 19.1. The third-order valence-electron chi connectivity index (χ3n) is 5.92. The number of urea groups is 1. The highest BCUT2D eigenvalue weighted by Gasteiger charge is 2.45. The highest BCUT2D eigenvalue weighted by atomic mass is 19.4. The maximum atomic E-state index is 13.7. The van der Waals surface area contributed by atoms with Crippen LogP contribution in [-0.2, 0) is 0 Å². The number of carbonyl (C=O) groups excluding carboxylic acids is 1. The monoisotopic (exact) mass is 453 g/mol. The molecule has 2 aliphatic heterocycles. The summed E-state index contributed by atoms with van der Waals surface area (Å²) in [7, 11) is 0. The van der Waals surface area contributed by atoms with E-state index in [0.717, 1.165) is 4.90 Å². The fourth-order valence-electron chi connectivity index (χ4n) is 4.32. The van der Waals surface area contributed by atoms with Gasteiger partial charge in [0, 0.05) is 36.4 Å². The Morgan fingerprint density at radius 3 is 2.50 bits per heavy atom. The summed E-state index contributed by atoms with van der Waals surface area (Å²) in [6.45, 7) is -1.12. The van der Waals surface area contributed by atoms with Crippen LogP contribution < -0.4 is 10.2 Å². The first-order valence-corrected chi connectivity index (χ1v) is 10.1. The van der Waals surface area contributed by atoms with Crippen molar-refractivity contribution in [3.63, 3.8) is 0 Å². The molecular weight excluding hydrogens is 433 g/mol. The van der Waals surface area contributed by atoms with Crippen molar-refractivity contribution in [1.82, 2.24) is 15.2 Å². The summed E-state index contributed by atoms with van der Waals surface area (Å²) in [5.41, 5.74) is 1.14. The van der Waals surface area contributed by atoms with Crippen LogP contribution >= 0.6 is 0 Å². The van der Waals surface area contributed by atoms with Crippen molar-refractivity contribution < 1.29 is 26.7 Å². The fraction of sp³-hybridized carbons (Fsp3) is 0.476. The van der Waals surface area contributed by atoms with Gasteiger partial charge in [0.15, 0.2) is 12.3 Å². The van der Waals surface area contributed by atoms with Gasteiger partial charge in [0.2, 0.25) is 0 Å². The minimum Gasteiger partial charge on any atom is -0.368 e. The molecule has 3 heterocycles. The predicted octanol–water partition coefficient (Wildman–Crippen LogP) is 3.57. The van der Waals surface area contributed by atoms with Crippen molar-refractivity contribution in [2.24, 2.45) is 5.92 Å². The van der Waals surface area contributed by atoms with Crippen molar-refractivity contribution in [1.29, 1.82) is 5.26 Å². The predicted molar refractivity (Wildman–Crippen MR) is 107 cm³/mol. The van der Waals surface area contributed by atoms with Gasteiger partial charge >= 0.3 is 12.2 Å². The Morgan fingerprint density at radius 2 is 1.84 bits per heavy atom. The third kappa shape index (κ3) is 4.26. The Morgan fingerprint density at radius 1 is 1.12 bits per heavy atom. The van der Waals surface area contributed by atoms with E-state index in [1.165, 1.54) is 17.2 Å². The first kappa shape index (κ1) is 22.0. The standard InChI is InChI=1S/C21H20F5N5O/c22-16-10-31(11-17(16)23)20(32)29-14-6-13(21(24,25)26)8-30(9-14)18-4-3-12(7-27)19-15(18)2-1-5-28-19/h1-5,13-14,16-17H,6,8-11H2,(H,29,32)/t13-,14+,16-,17+/m0/s1. The van der Waals surface area contributed by atoms with Crippen molar-refractivity contribution >= 4 is 22.6 Å². The number of rotatable bonds is 2.